The first-order valence-corrected chi connectivity index (χ1v) is 11.1. The summed E-state index contributed by atoms with van der Waals surface area (Å²) in [7, 11) is 0. The maximum Gasteiger partial charge on any atom is 0.303 e. The SMILES string of the molecule is CCCCCC[C@@H](O)CC=CCCCCCCCC(=O)O.OCCNCCO. The van der Waals surface area contributed by atoms with E-state index in [0.717, 1.165) is 51.4 Å². The third kappa shape index (κ3) is 29.8. The van der Waals surface area contributed by atoms with E-state index in [1.807, 2.05) is 0 Å². The quantitative estimate of drug-likeness (QED) is 0.166. The Hall–Kier alpha value is -0.950. The normalized spacial score (nSPS) is 12.0. The van der Waals surface area contributed by atoms with Gasteiger partial charge in [-0.3, -0.25) is 4.79 Å². The fourth-order valence-corrected chi connectivity index (χ4v) is 2.65. The zero-order valence-electron chi connectivity index (χ0n) is 17.9. The molecular formula is C22H45NO5. The minimum absolute atomic E-state index is 0.139. The van der Waals surface area contributed by atoms with Crippen molar-refractivity contribution in [2.24, 2.45) is 0 Å². The van der Waals surface area contributed by atoms with Crippen LogP contribution in [0.4, 0.5) is 0 Å². The molecule has 168 valence electrons. The summed E-state index contributed by atoms with van der Waals surface area (Å²) in [4.78, 5) is 10.3. The summed E-state index contributed by atoms with van der Waals surface area (Å²) >= 11 is 0. The second kappa shape index (κ2) is 26.1. The number of carboxylic acids is 1. The van der Waals surface area contributed by atoms with E-state index in [1.54, 1.807) is 0 Å². The zero-order chi connectivity index (χ0) is 21.3. The molecule has 1 atom stereocenters. The van der Waals surface area contributed by atoms with E-state index in [4.69, 9.17) is 15.3 Å². The molecule has 6 heteroatoms. The lowest BCUT2D eigenvalue weighted by molar-refractivity contribution is -0.137. The molecule has 28 heavy (non-hydrogen) atoms. The highest BCUT2D eigenvalue weighted by atomic mass is 16.4. The summed E-state index contributed by atoms with van der Waals surface area (Å²) < 4.78 is 0. The average Bonchev–Trinajstić information content (AvgIpc) is 2.67. The van der Waals surface area contributed by atoms with Gasteiger partial charge >= 0.3 is 5.97 Å². The van der Waals surface area contributed by atoms with Gasteiger partial charge in [0.1, 0.15) is 0 Å². The van der Waals surface area contributed by atoms with Gasteiger partial charge in [0.05, 0.1) is 19.3 Å². The molecular weight excluding hydrogens is 358 g/mol. The average molecular weight is 404 g/mol. The molecule has 0 unspecified atom stereocenters. The van der Waals surface area contributed by atoms with Crippen molar-refractivity contribution in [3.05, 3.63) is 12.2 Å². The molecule has 5 N–H and O–H groups in total. The summed E-state index contributed by atoms with van der Waals surface area (Å²) in [6.45, 7) is 3.62. The van der Waals surface area contributed by atoms with Crippen molar-refractivity contribution in [3.8, 4) is 0 Å². The number of aliphatic carboxylic acids is 1. The number of allylic oxidation sites excluding steroid dienone is 1. The second-order valence-corrected chi connectivity index (χ2v) is 7.11. The lowest BCUT2D eigenvalue weighted by Crippen LogP contribution is -2.21. The van der Waals surface area contributed by atoms with Gasteiger partial charge < -0.3 is 25.7 Å². The molecule has 6 nitrogen and oxygen atoms in total. The molecule has 0 saturated heterocycles. The van der Waals surface area contributed by atoms with Gasteiger partial charge in [0.2, 0.25) is 0 Å². The molecule has 0 amide bonds. The van der Waals surface area contributed by atoms with Crippen LogP contribution < -0.4 is 5.32 Å². The number of unbranched alkanes of at least 4 members (excludes halogenated alkanes) is 8. The number of aliphatic hydroxyl groups is 3. The maximum absolute atomic E-state index is 10.3. The Balaban J connectivity index is 0. The van der Waals surface area contributed by atoms with Gasteiger partial charge in [-0.1, -0.05) is 64.0 Å². The highest BCUT2D eigenvalue weighted by molar-refractivity contribution is 5.66. The lowest BCUT2D eigenvalue weighted by Gasteiger charge is -2.07. The van der Waals surface area contributed by atoms with Crippen molar-refractivity contribution in [2.45, 2.75) is 96.5 Å². The number of aliphatic hydroxyl groups excluding tert-OH is 3. The van der Waals surface area contributed by atoms with Crippen LogP contribution in [0.3, 0.4) is 0 Å². The molecule has 0 fully saturated rings. The van der Waals surface area contributed by atoms with E-state index in [1.165, 1.54) is 25.7 Å². The Labute approximate surface area is 172 Å². The first-order valence-electron chi connectivity index (χ1n) is 11.1. The first kappa shape index (κ1) is 29.3. The largest absolute Gasteiger partial charge is 0.481 e. The molecule has 0 aromatic rings. The molecule has 0 saturated carbocycles. The molecule has 0 bridgehead atoms. The Morgan fingerprint density at radius 2 is 1.50 bits per heavy atom. The standard InChI is InChI=1S/C18H34O3.C4H11NO2/c1-2-3-4-11-14-17(19)15-12-9-7-5-6-8-10-13-16-18(20)21;6-3-1-5-2-4-7/h9,12,17,19H,2-8,10-11,13-16H2,1H3,(H,20,21);5-7H,1-4H2/t17-;/m1./s1. The van der Waals surface area contributed by atoms with Crippen molar-refractivity contribution in [1.29, 1.82) is 0 Å². The molecule has 0 spiro atoms. The van der Waals surface area contributed by atoms with Gasteiger partial charge in [-0.15, -0.1) is 0 Å². The molecule has 0 aliphatic rings. The Morgan fingerprint density at radius 1 is 0.893 bits per heavy atom. The van der Waals surface area contributed by atoms with Crippen LogP contribution in [0.25, 0.3) is 0 Å². The number of rotatable bonds is 19. The monoisotopic (exact) mass is 403 g/mol. The van der Waals surface area contributed by atoms with Gasteiger partial charge in [-0.25, -0.2) is 0 Å². The van der Waals surface area contributed by atoms with Crippen LogP contribution in [0.5, 0.6) is 0 Å². The Bertz CT molecular complexity index is 333. The number of hydrogen-bond acceptors (Lipinski definition) is 5. The predicted octanol–water partition coefficient (Wildman–Crippen LogP) is 3.64. The predicted molar refractivity (Wildman–Crippen MR) is 116 cm³/mol. The van der Waals surface area contributed by atoms with E-state index in [2.05, 4.69) is 24.4 Å². The molecule has 0 radical (unpaired) electrons. The summed E-state index contributed by atoms with van der Waals surface area (Å²) in [6, 6.07) is 0. The number of carbonyl (C=O) groups is 1. The second-order valence-electron chi connectivity index (χ2n) is 7.11. The van der Waals surface area contributed by atoms with Gasteiger partial charge in [-0.2, -0.15) is 0 Å². The fraction of sp³-hybridized carbons (Fsp3) is 0.864. The zero-order valence-corrected chi connectivity index (χ0v) is 17.9. The fourth-order valence-electron chi connectivity index (χ4n) is 2.65. The highest BCUT2D eigenvalue weighted by Crippen LogP contribution is 2.10. The van der Waals surface area contributed by atoms with Gasteiger partial charge in [0.15, 0.2) is 0 Å². The van der Waals surface area contributed by atoms with Crippen molar-refractivity contribution in [2.75, 3.05) is 26.3 Å². The van der Waals surface area contributed by atoms with Crippen LogP contribution in [0.1, 0.15) is 90.4 Å². The van der Waals surface area contributed by atoms with E-state index >= 15 is 0 Å². The minimum atomic E-state index is -0.689. The van der Waals surface area contributed by atoms with Crippen LogP contribution in [-0.2, 0) is 4.79 Å². The molecule has 0 aliphatic heterocycles. The third-order valence-electron chi connectivity index (χ3n) is 4.30. The van der Waals surface area contributed by atoms with Gasteiger partial charge in [-0.05, 0) is 32.1 Å². The van der Waals surface area contributed by atoms with Crippen LogP contribution in [-0.4, -0.2) is 58.8 Å². The van der Waals surface area contributed by atoms with E-state index in [0.29, 0.717) is 19.5 Å². The van der Waals surface area contributed by atoms with Gasteiger partial charge in [0.25, 0.3) is 0 Å². The van der Waals surface area contributed by atoms with E-state index in [-0.39, 0.29) is 19.3 Å². The summed E-state index contributed by atoms with van der Waals surface area (Å²) in [5, 5.41) is 37.4. The van der Waals surface area contributed by atoms with Crippen LogP contribution in [0.15, 0.2) is 12.2 Å². The first-order chi connectivity index (χ1) is 13.6. The summed E-state index contributed by atoms with van der Waals surface area (Å²) in [5.74, 6) is -0.689. The Morgan fingerprint density at radius 3 is 2.11 bits per heavy atom. The van der Waals surface area contributed by atoms with Crippen molar-refractivity contribution < 1.29 is 25.2 Å². The molecule has 0 aromatic carbocycles. The molecule has 0 heterocycles. The molecule has 0 aliphatic carbocycles. The highest BCUT2D eigenvalue weighted by Gasteiger charge is 2.00. The van der Waals surface area contributed by atoms with Crippen molar-refractivity contribution >= 4 is 5.97 Å². The summed E-state index contributed by atoms with van der Waals surface area (Å²) in [5.41, 5.74) is 0. The van der Waals surface area contributed by atoms with Crippen molar-refractivity contribution in [3.63, 3.8) is 0 Å². The van der Waals surface area contributed by atoms with Crippen molar-refractivity contribution in [1.82, 2.24) is 5.32 Å². The number of nitrogens with one attached hydrogen (secondary N) is 1. The maximum atomic E-state index is 10.3. The summed E-state index contributed by atoms with van der Waals surface area (Å²) in [6.07, 6.45) is 17.4. The third-order valence-corrected chi connectivity index (χ3v) is 4.30. The van der Waals surface area contributed by atoms with Crippen LogP contribution in [0, 0.1) is 0 Å². The van der Waals surface area contributed by atoms with Gasteiger partial charge in [0, 0.05) is 19.5 Å². The van der Waals surface area contributed by atoms with E-state index < -0.39 is 5.97 Å². The molecule has 0 rings (SSSR count). The van der Waals surface area contributed by atoms with Crippen LogP contribution in [0.2, 0.25) is 0 Å². The smallest absolute Gasteiger partial charge is 0.303 e. The topological polar surface area (TPSA) is 110 Å². The Kier molecular flexibility index (Phi) is 27.2. The number of hydrogen-bond donors (Lipinski definition) is 5. The minimum Gasteiger partial charge on any atom is -0.481 e. The lowest BCUT2D eigenvalue weighted by atomic mass is 10.1. The number of carboxylic acid groups (broad SMARTS) is 1. The van der Waals surface area contributed by atoms with E-state index in [9.17, 15) is 9.90 Å². The van der Waals surface area contributed by atoms with Crippen LogP contribution >= 0.6 is 0 Å². The molecule has 0 aromatic heterocycles.